The van der Waals surface area contributed by atoms with Crippen LogP contribution in [0.5, 0.6) is 0 Å². The van der Waals surface area contributed by atoms with Crippen LogP contribution in [0.3, 0.4) is 0 Å². The number of nitrogens with zero attached hydrogens (tertiary/aromatic N) is 2. The van der Waals surface area contributed by atoms with E-state index in [2.05, 4.69) is 15.6 Å². The second kappa shape index (κ2) is 10.0. The number of nitrogens with one attached hydrogen (secondary N) is 3. The molecule has 2 aliphatic carbocycles. The predicted octanol–water partition coefficient (Wildman–Crippen LogP) is 2.83. The molecule has 0 bridgehead atoms. The van der Waals surface area contributed by atoms with E-state index >= 15 is 0 Å². The molecule has 5 N–H and O–H groups in total. The summed E-state index contributed by atoms with van der Waals surface area (Å²) in [6, 6.07) is 5.25. The number of hydrogen-bond donors (Lipinski definition) is 5. The smallest absolute Gasteiger partial charge is 0.325 e. The molecule has 0 atom stereocenters. The van der Waals surface area contributed by atoms with Crippen molar-refractivity contribution in [2.75, 3.05) is 0 Å². The van der Waals surface area contributed by atoms with Crippen LogP contribution < -0.4 is 15.4 Å². The van der Waals surface area contributed by atoms with Crippen molar-refractivity contribution >= 4 is 17.2 Å². The lowest BCUT2D eigenvalue weighted by Gasteiger charge is -2.26. The average molecular weight is 465 g/mol. The summed E-state index contributed by atoms with van der Waals surface area (Å²) in [5, 5.41) is 35.0. The Morgan fingerprint density at radius 1 is 1.26 bits per heavy atom. The first-order valence-corrected chi connectivity index (χ1v) is 11.5. The van der Waals surface area contributed by atoms with Gasteiger partial charge in [0, 0.05) is 40.6 Å². The largest absolute Gasteiger partial charge is 0.444 e. The van der Waals surface area contributed by atoms with E-state index in [1.54, 1.807) is 30.5 Å². The topological polar surface area (TPSA) is 135 Å². The van der Waals surface area contributed by atoms with Crippen molar-refractivity contribution < 1.29 is 24.3 Å². The molecule has 9 nitrogen and oxygen atoms in total. The zero-order chi connectivity index (χ0) is 24.2. The highest BCUT2D eigenvalue weighted by molar-refractivity contribution is 6.16. The van der Waals surface area contributed by atoms with E-state index in [0.29, 0.717) is 22.5 Å². The van der Waals surface area contributed by atoms with Gasteiger partial charge in [-0.3, -0.25) is 10.0 Å². The lowest BCUT2D eigenvalue weighted by atomic mass is 9.93. The van der Waals surface area contributed by atoms with Gasteiger partial charge in [-0.1, -0.05) is 13.8 Å². The molecule has 0 unspecified atom stereocenters. The maximum absolute atomic E-state index is 13.1. The first kappa shape index (κ1) is 23.4. The fourth-order valence-corrected chi connectivity index (χ4v) is 4.14. The van der Waals surface area contributed by atoms with Crippen LogP contribution in [-0.2, 0) is 0 Å². The van der Waals surface area contributed by atoms with Gasteiger partial charge < -0.3 is 25.6 Å². The Morgan fingerprint density at radius 3 is 2.71 bits per heavy atom. The lowest BCUT2D eigenvalue weighted by Crippen LogP contribution is -2.45. The Bertz CT molecular complexity index is 1160. The van der Waals surface area contributed by atoms with E-state index in [1.165, 1.54) is 18.5 Å². The maximum Gasteiger partial charge on any atom is 0.325 e. The number of carbonyl (C=O) groups excluding carboxylic acids is 1. The second-order valence-corrected chi connectivity index (χ2v) is 8.90. The summed E-state index contributed by atoms with van der Waals surface area (Å²) in [4.78, 5) is 17.3. The fourth-order valence-electron chi connectivity index (χ4n) is 4.14. The minimum Gasteiger partial charge on any atom is -0.444 e. The van der Waals surface area contributed by atoms with Gasteiger partial charge in [-0.2, -0.15) is 0 Å². The molecule has 4 rings (SSSR count). The van der Waals surface area contributed by atoms with E-state index in [1.807, 2.05) is 13.8 Å². The van der Waals surface area contributed by atoms with Crippen molar-refractivity contribution in [3.05, 3.63) is 77.6 Å². The molecule has 178 valence electrons. The highest BCUT2D eigenvalue weighted by Crippen LogP contribution is 2.27. The van der Waals surface area contributed by atoms with E-state index in [9.17, 15) is 15.1 Å². The van der Waals surface area contributed by atoms with Crippen molar-refractivity contribution in [1.82, 2.24) is 15.6 Å². The number of aliphatic hydroxyl groups is 1. The van der Waals surface area contributed by atoms with Crippen molar-refractivity contribution in [3.8, 4) is 0 Å². The third-order valence-electron chi connectivity index (χ3n) is 6.09. The summed E-state index contributed by atoms with van der Waals surface area (Å²) in [6.07, 6.45) is 10.9. The normalized spacial score (nSPS) is 21.9. The van der Waals surface area contributed by atoms with Gasteiger partial charge in [-0.15, -0.1) is 0 Å². The van der Waals surface area contributed by atoms with E-state index in [4.69, 9.17) is 9.83 Å². The number of aliphatic hydroxyl groups excluding tert-OH is 1. The van der Waals surface area contributed by atoms with E-state index in [-0.39, 0.29) is 35.4 Å². The van der Waals surface area contributed by atoms with Crippen LogP contribution in [0, 0.1) is 5.41 Å². The molecule has 1 amide bonds. The van der Waals surface area contributed by atoms with Crippen LogP contribution in [0.4, 0.5) is 0 Å². The average Bonchev–Trinajstić information content (AvgIpc) is 3.35. The highest BCUT2D eigenvalue weighted by atomic mass is 16.5. The Morgan fingerprint density at radius 2 is 2.03 bits per heavy atom. The van der Waals surface area contributed by atoms with Crippen molar-refractivity contribution in [3.63, 3.8) is 0 Å². The third-order valence-corrected chi connectivity index (χ3v) is 6.09. The lowest BCUT2D eigenvalue weighted by molar-refractivity contribution is -0.911. The molecule has 0 radical (unpaired) electrons. The molecule has 0 aromatic carbocycles. The van der Waals surface area contributed by atoms with Crippen molar-refractivity contribution in [1.29, 1.82) is 5.41 Å². The van der Waals surface area contributed by atoms with Gasteiger partial charge in [0.15, 0.2) is 0 Å². The molecular formula is C25H30N5O4+. The van der Waals surface area contributed by atoms with Crippen LogP contribution in [0.2, 0.25) is 0 Å². The third kappa shape index (κ3) is 5.09. The van der Waals surface area contributed by atoms with Crippen LogP contribution in [0.25, 0.3) is 5.57 Å². The molecule has 0 spiro atoms. The monoisotopic (exact) mass is 464 g/mol. The SMILES string of the molecule is CC(C)c1cccc(C(=O)NC2=C/C(=C/N[C@H]3CC[C@H](O)CC3)C(=N)C=C2c2ncco2)[n+]1O. The van der Waals surface area contributed by atoms with Gasteiger partial charge in [0.1, 0.15) is 6.26 Å². The molecular weight excluding hydrogens is 434 g/mol. The summed E-state index contributed by atoms with van der Waals surface area (Å²) in [6.45, 7) is 3.86. The number of allylic oxidation sites excluding steroid dienone is 4. The van der Waals surface area contributed by atoms with E-state index in [0.717, 1.165) is 30.4 Å². The summed E-state index contributed by atoms with van der Waals surface area (Å²) in [5.41, 5.74) is 2.40. The number of amides is 1. The Labute approximate surface area is 198 Å². The standard InChI is InChI=1S/C25H29N5O4/c1-15(2)22-4-3-5-23(30(22)33)24(32)29-21-12-16(14-28-17-6-8-18(31)9-7-17)20(26)13-19(21)25-27-10-11-34-25/h3-5,10-15,17-18,26,31-33H,6-9H2,1-2H3/p+1/t17-,18-. The molecule has 9 heteroatoms. The molecule has 2 aromatic heterocycles. The number of aromatic nitrogens is 2. The minimum absolute atomic E-state index is 0.0244. The quantitative estimate of drug-likeness (QED) is 0.330. The number of pyridine rings is 1. The Hall–Kier alpha value is -3.72. The molecule has 2 heterocycles. The molecule has 2 aliphatic rings. The summed E-state index contributed by atoms with van der Waals surface area (Å²) in [5.74, 6) is -0.204. The summed E-state index contributed by atoms with van der Waals surface area (Å²) >= 11 is 0. The second-order valence-electron chi connectivity index (χ2n) is 8.90. The van der Waals surface area contributed by atoms with Gasteiger partial charge in [0.2, 0.25) is 11.6 Å². The molecule has 1 saturated carbocycles. The van der Waals surface area contributed by atoms with Gasteiger partial charge in [-0.25, -0.2) is 4.98 Å². The first-order valence-electron chi connectivity index (χ1n) is 11.5. The highest BCUT2D eigenvalue weighted by Gasteiger charge is 2.28. The first-order chi connectivity index (χ1) is 16.3. The van der Waals surface area contributed by atoms with Crippen LogP contribution in [-0.4, -0.2) is 39.1 Å². The number of carbonyl (C=O) groups is 1. The van der Waals surface area contributed by atoms with Gasteiger partial charge >= 0.3 is 11.6 Å². The fraction of sp³-hybridized carbons (Fsp3) is 0.360. The Balaban J connectivity index is 1.61. The molecule has 2 aromatic rings. The van der Waals surface area contributed by atoms with Gasteiger partial charge in [0.05, 0.1) is 29.3 Å². The number of hydrogen-bond acceptors (Lipinski definition) is 7. The van der Waals surface area contributed by atoms with Crippen LogP contribution in [0.1, 0.15) is 67.5 Å². The summed E-state index contributed by atoms with van der Waals surface area (Å²) < 4.78 is 6.33. The number of rotatable bonds is 6. The number of oxazole rings is 1. The van der Waals surface area contributed by atoms with Crippen molar-refractivity contribution in [2.24, 2.45) is 0 Å². The molecule has 34 heavy (non-hydrogen) atoms. The predicted molar refractivity (Wildman–Crippen MR) is 125 cm³/mol. The van der Waals surface area contributed by atoms with Crippen LogP contribution in [0.15, 0.2) is 64.7 Å². The van der Waals surface area contributed by atoms with Crippen LogP contribution >= 0.6 is 0 Å². The molecule has 0 aliphatic heterocycles. The van der Waals surface area contributed by atoms with E-state index < -0.39 is 5.91 Å². The maximum atomic E-state index is 13.1. The zero-order valence-electron chi connectivity index (χ0n) is 19.3. The molecule has 0 saturated heterocycles. The van der Waals surface area contributed by atoms with Crippen molar-refractivity contribution in [2.45, 2.75) is 57.6 Å². The minimum atomic E-state index is -0.504. The zero-order valence-corrected chi connectivity index (χ0v) is 19.3. The van der Waals surface area contributed by atoms with Gasteiger partial charge in [-0.05, 0) is 43.9 Å². The molecule has 1 fully saturated rings. The summed E-state index contributed by atoms with van der Waals surface area (Å²) in [7, 11) is 0. The van der Waals surface area contributed by atoms with Gasteiger partial charge in [0.25, 0.3) is 0 Å². The Kier molecular flexibility index (Phi) is 6.93.